The van der Waals surface area contributed by atoms with Crippen LogP contribution in [-0.4, -0.2) is 47.2 Å². The molecule has 2 unspecified atom stereocenters. The Morgan fingerprint density at radius 2 is 2.11 bits per heavy atom. The smallest absolute Gasteiger partial charge is 0.325 e. The second-order valence-electron chi connectivity index (χ2n) is 5.90. The maximum atomic E-state index is 11.8. The molecule has 0 bridgehead atoms. The molecule has 2 rings (SSSR count). The van der Waals surface area contributed by atoms with E-state index in [0.29, 0.717) is 18.5 Å². The van der Waals surface area contributed by atoms with Gasteiger partial charge in [0.15, 0.2) is 0 Å². The number of nitrogens with one attached hydrogen (secondary N) is 1. The number of likely N-dealkylation sites (tertiary alicyclic amines) is 1. The lowest BCUT2D eigenvalue weighted by molar-refractivity contribution is -0.147. The number of rotatable bonds is 6. The van der Waals surface area contributed by atoms with Gasteiger partial charge < -0.3 is 10.4 Å². The molecule has 4 nitrogen and oxygen atoms in total. The van der Waals surface area contributed by atoms with E-state index in [1.165, 1.54) is 19.3 Å². The average Bonchev–Trinajstić information content (AvgIpc) is 3.15. The highest BCUT2D eigenvalue weighted by molar-refractivity contribution is 5.80. The molecule has 104 valence electrons. The van der Waals surface area contributed by atoms with Crippen LogP contribution in [0.4, 0.5) is 0 Å². The molecule has 1 aliphatic heterocycles. The first-order chi connectivity index (χ1) is 8.60. The summed E-state index contributed by atoms with van der Waals surface area (Å²) in [6, 6.07) is 0.523. The van der Waals surface area contributed by atoms with E-state index in [1.54, 1.807) is 0 Å². The van der Waals surface area contributed by atoms with Crippen LogP contribution in [0.1, 0.15) is 46.0 Å². The van der Waals surface area contributed by atoms with Crippen LogP contribution >= 0.6 is 0 Å². The lowest BCUT2D eigenvalue weighted by Gasteiger charge is -2.41. The van der Waals surface area contributed by atoms with E-state index in [9.17, 15) is 9.90 Å². The number of likely N-dealkylation sites (N-methyl/N-ethyl adjacent to an activating group) is 1. The van der Waals surface area contributed by atoms with E-state index in [0.717, 1.165) is 25.9 Å². The van der Waals surface area contributed by atoms with Gasteiger partial charge in [-0.1, -0.05) is 13.3 Å². The Morgan fingerprint density at radius 1 is 1.39 bits per heavy atom. The van der Waals surface area contributed by atoms with Crippen LogP contribution in [0.15, 0.2) is 0 Å². The maximum absolute atomic E-state index is 11.8. The lowest BCUT2D eigenvalue weighted by atomic mass is 9.90. The molecule has 0 amide bonds. The van der Waals surface area contributed by atoms with Gasteiger partial charge in [0.05, 0.1) is 0 Å². The summed E-state index contributed by atoms with van der Waals surface area (Å²) in [4.78, 5) is 14.2. The summed E-state index contributed by atoms with van der Waals surface area (Å²) in [7, 11) is 0. The largest absolute Gasteiger partial charge is 0.480 e. The van der Waals surface area contributed by atoms with Gasteiger partial charge in [-0.3, -0.25) is 9.69 Å². The van der Waals surface area contributed by atoms with Gasteiger partial charge in [-0.05, 0) is 51.6 Å². The Balaban J connectivity index is 2.10. The zero-order chi connectivity index (χ0) is 13.2. The molecule has 0 aromatic heterocycles. The number of carbonyl (C=O) groups is 1. The Labute approximate surface area is 110 Å². The van der Waals surface area contributed by atoms with E-state index < -0.39 is 11.5 Å². The van der Waals surface area contributed by atoms with Crippen molar-refractivity contribution in [2.24, 2.45) is 5.92 Å². The van der Waals surface area contributed by atoms with Crippen molar-refractivity contribution in [3.63, 3.8) is 0 Å². The van der Waals surface area contributed by atoms with Crippen molar-refractivity contribution in [1.29, 1.82) is 0 Å². The van der Waals surface area contributed by atoms with Crippen molar-refractivity contribution >= 4 is 5.97 Å². The van der Waals surface area contributed by atoms with Crippen molar-refractivity contribution < 1.29 is 9.90 Å². The SMILES string of the molecule is CCNC(CN1CCCCC1C)(C(=O)O)C1CC1. The molecule has 2 aliphatic rings. The minimum Gasteiger partial charge on any atom is -0.480 e. The van der Waals surface area contributed by atoms with Gasteiger partial charge in [0, 0.05) is 12.6 Å². The van der Waals surface area contributed by atoms with Gasteiger partial charge >= 0.3 is 5.97 Å². The second-order valence-corrected chi connectivity index (χ2v) is 5.90. The fourth-order valence-corrected chi connectivity index (χ4v) is 3.25. The van der Waals surface area contributed by atoms with E-state index in [-0.39, 0.29) is 0 Å². The molecule has 2 atom stereocenters. The van der Waals surface area contributed by atoms with Crippen molar-refractivity contribution in [3.05, 3.63) is 0 Å². The summed E-state index contributed by atoms with van der Waals surface area (Å²) < 4.78 is 0. The third-order valence-electron chi connectivity index (χ3n) is 4.54. The topological polar surface area (TPSA) is 52.6 Å². The minimum absolute atomic E-state index is 0.323. The van der Waals surface area contributed by atoms with Gasteiger partial charge in [-0.2, -0.15) is 0 Å². The minimum atomic E-state index is -0.708. The number of hydrogen-bond acceptors (Lipinski definition) is 3. The predicted octanol–water partition coefficient (Wildman–Crippen LogP) is 1.70. The highest BCUT2D eigenvalue weighted by Crippen LogP contribution is 2.41. The average molecular weight is 254 g/mol. The molecule has 0 aromatic rings. The molecule has 1 saturated carbocycles. The van der Waals surface area contributed by atoms with Gasteiger partial charge in [0.25, 0.3) is 0 Å². The molecule has 18 heavy (non-hydrogen) atoms. The maximum Gasteiger partial charge on any atom is 0.325 e. The summed E-state index contributed by atoms with van der Waals surface area (Å²) in [5, 5.41) is 13.0. The lowest BCUT2D eigenvalue weighted by Crippen LogP contribution is -2.62. The third-order valence-corrected chi connectivity index (χ3v) is 4.54. The van der Waals surface area contributed by atoms with Crippen LogP contribution in [0, 0.1) is 5.92 Å². The zero-order valence-electron chi connectivity index (χ0n) is 11.6. The number of nitrogens with zero attached hydrogens (tertiary/aromatic N) is 1. The molecule has 2 fully saturated rings. The monoisotopic (exact) mass is 254 g/mol. The Morgan fingerprint density at radius 3 is 2.61 bits per heavy atom. The first-order valence-electron chi connectivity index (χ1n) is 7.32. The van der Waals surface area contributed by atoms with Gasteiger partial charge in [0.2, 0.25) is 0 Å². The molecule has 0 spiro atoms. The van der Waals surface area contributed by atoms with Crippen molar-refractivity contribution in [2.45, 2.75) is 57.5 Å². The van der Waals surface area contributed by atoms with E-state index in [4.69, 9.17) is 0 Å². The highest BCUT2D eigenvalue weighted by Gasteiger charge is 2.51. The third kappa shape index (κ3) is 2.69. The normalized spacial score (nSPS) is 28.9. The first-order valence-corrected chi connectivity index (χ1v) is 7.32. The summed E-state index contributed by atoms with van der Waals surface area (Å²) in [5.74, 6) is -0.339. The Hall–Kier alpha value is -0.610. The molecule has 2 N–H and O–H groups in total. The van der Waals surface area contributed by atoms with Crippen LogP contribution in [0.3, 0.4) is 0 Å². The number of aliphatic carboxylic acids is 1. The van der Waals surface area contributed by atoms with Crippen molar-refractivity contribution in [1.82, 2.24) is 10.2 Å². The quantitative estimate of drug-likeness (QED) is 0.757. The Bertz CT molecular complexity index is 304. The second kappa shape index (κ2) is 5.57. The summed E-state index contributed by atoms with van der Waals surface area (Å²) >= 11 is 0. The van der Waals surface area contributed by atoms with Gasteiger partial charge in [0.1, 0.15) is 5.54 Å². The molecule has 0 radical (unpaired) electrons. The van der Waals surface area contributed by atoms with Crippen molar-refractivity contribution in [2.75, 3.05) is 19.6 Å². The summed E-state index contributed by atoms with van der Waals surface area (Å²) in [5.41, 5.74) is -0.708. The number of piperidine rings is 1. The molecule has 4 heteroatoms. The molecule has 1 saturated heterocycles. The Kier molecular flexibility index (Phi) is 4.28. The molecule has 0 aromatic carbocycles. The van der Waals surface area contributed by atoms with E-state index in [2.05, 4.69) is 17.1 Å². The highest BCUT2D eigenvalue weighted by atomic mass is 16.4. The number of carboxylic acid groups (broad SMARTS) is 1. The molecule has 1 heterocycles. The van der Waals surface area contributed by atoms with Gasteiger partial charge in [-0.15, -0.1) is 0 Å². The fraction of sp³-hybridized carbons (Fsp3) is 0.929. The fourth-order valence-electron chi connectivity index (χ4n) is 3.25. The van der Waals surface area contributed by atoms with Crippen LogP contribution in [0.2, 0.25) is 0 Å². The molecular weight excluding hydrogens is 228 g/mol. The summed E-state index contributed by atoms with van der Waals surface area (Å²) in [6.45, 7) is 6.67. The molecular formula is C14H26N2O2. The number of hydrogen-bond donors (Lipinski definition) is 2. The van der Waals surface area contributed by atoms with Crippen LogP contribution in [0.5, 0.6) is 0 Å². The summed E-state index contributed by atoms with van der Waals surface area (Å²) in [6.07, 6.45) is 5.80. The van der Waals surface area contributed by atoms with Crippen LogP contribution in [-0.2, 0) is 4.79 Å². The zero-order valence-corrected chi connectivity index (χ0v) is 11.6. The molecule has 1 aliphatic carbocycles. The van der Waals surface area contributed by atoms with E-state index in [1.807, 2.05) is 6.92 Å². The number of carboxylic acids is 1. The van der Waals surface area contributed by atoms with Crippen molar-refractivity contribution in [3.8, 4) is 0 Å². The van der Waals surface area contributed by atoms with Gasteiger partial charge in [-0.25, -0.2) is 0 Å². The van der Waals surface area contributed by atoms with E-state index >= 15 is 0 Å². The van der Waals surface area contributed by atoms with Crippen LogP contribution < -0.4 is 5.32 Å². The predicted molar refractivity (Wildman–Crippen MR) is 71.7 cm³/mol. The standard InChI is InChI=1S/C14H26N2O2/c1-3-15-14(13(17)18,12-7-8-12)10-16-9-5-4-6-11(16)2/h11-12,15H,3-10H2,1-2H3,(H,17,18). The first kappa shape index (κ1) is 13.8. The van der Waals surface area contributed by atoms with Crippen LogP contribution in [0.25, 0.3) is 0 Å².